The number of hydrogen-bond acceptors (Lipinski definition) is 8. The fraction of sp³-hybridized carbons (Fsp3) is 0.182. The summed E-state index contributed by atoms with van der Waals surface area (Å²) in [6, 6.07) is 8.04. The van der Waals surface area contributed by atoms with Gasteiger partial charge >= 0.3 is 5.97 Å². The second-order valence-corrected chi connectivity index (χ2v) is 6.91. The van der Waals surface area contributed by atoms with Crippen LogP contribution < -0.4 is 5.56 Å². The van der Waals surface area contributed by atoms with E-state index in [0.717, 1.165) is 0 Å². The highest BCUT2D eigenvalue weighted by Crippen LogP contribution is 2.28. The number of fused-ring (bicyclic) bond motifs is 1. The summed E-state index contributed by atoms with van der Waals surface area (Å²) in [4.78, 5) is 42.3. The van der Waals surface area contributed by atoms with Gasteiger partial charge in [-0.1, -0.05) is 0 Å². The Hall–Kier alpha value is -3.98. The van der Waals surface area contributed by atoms with Crippen LogP contribution in [0, 0.1) is 0 Å². The van der Waals surface area contributed by atoms with Gasteiger partial charge < -0.3 is 9.84 Å². The highest BCUT2D eigenvalue weighted by atomic mass is 16.5. The van der Waals surface area contributed by atoms with Gasteiger partial charge in [-0.25, -0.2) is 19.7 Å². The first-order chi connectivity index (χ1) is 15.0. The molecule has 1 N–H and O–H groups in total. The molecule has 4 rings (SSSR count). The van der Waals surface area contributed by atoms with Crippen molar-refractivity contribution in [2.75, 3.05) is 13.7 Å². The van der Waals surface area contributed by atoms with E-state index in [1.807, 2.05) is 6.07 Å². The molecule has 0 aliphatic rings. The highest BCUT2D eigenvalue weighted by molar-refractivity contribution is 5.93. The maximum atomic E-state index is 13.2. The Kier molecular flexibility index (Phi) is 5.50. The number of esters is 1. The molecular formula is C22H19N5O4. The van der Waals surface area contributed by atoms with Crippen molar-refractivity contribution in [3.8, 4) is 22.5 Å². The molecule has 0 fully saturated rings. The molecule has 0 amide bonds. The molecule has 0 unspecified atom stereocenters. The second kappa shape index (κ2) is 8.41. The minimum absolute atomic E-state index is 0.167. The number of aliphatic hydroxyl groups excluding tert-OH is 1. The maximum absolute atomic E-state index is 13.2. The zero-order valence-corrected chi connectivity index (χ0v) is 16.9. The van der Waals surface area contributed by atoms with Crippen LogP contribution in [0.5, 0.6) is 0 Å². The molecule has 0 bridgehead atoms. The molecule has 1 atom stereocenters. The van der Waals surface area contributed by atoms with Gasteiger partial charge in [-0.2, -0.15) is 0 Å². The SMILES string of the molecule is COC(=O)c1ccc(-c2cc3c(=O)n([C@@H](C)CO)cnc3c(-c3cccnc3)n2)cn1. The number of carbonyl (C=O) groups excluding carboxylic acids is 1. The summed E-state index contributed by atoms with van der Waals surface area (Å²) in [6.45, 7) is 1.54. The first kappa shape index (κ1) is 20.3. The first-order valence-electron chi connectivity index (χ1n) is 9.51. The van der Waals surface area contributed by atoms with E-state index < -0.39 is 12.0 Å². The third-order valence-corrected chi connectivity index (χ3v) is 4.90. The normalized spacial score (nSPS) is 12.0. The van der Waals surface area contributed by atoms with Gasteiger partial charge in [0.1, 0.15) is 11.2 Å². The Balaban J connectivity index is 1.96. The third-order valence-electron chi connectivity index (χ3n) is 4.90. The number of pyridine rings is 3. The molecule has 4 aromatic heterocycles. The fourth-order valence-corrected chi connectivity index (χ4v) is 3.17. The van der Waals surface area contributed by atoms with E-state index in [0.29, 0.717) is 33.4 Å². The molecule has 4 aromatic rings. The number of nitrogens with zero attached hydrogens (tertiary/aromatic N) is 5. The summed E-state index contributed by atoms with van der Waals surface area (Å²) in [6.07, 6.45) is 6.21. The molecule has 4 heterocycles. The number of methoxy groups -OCH3 is 1. The molecule has 0 saturated heterocycles. The Morgan fingerprint density at radius 1 is 1.19 bits per heavy atom. The number of aromatic nitrogens is 5. The van der Waals surface area contributed by atoms with Crippen LogP contribution in [0.3, 0.4) is 0 Å². The molecule has 0 aromatic carbocycles. The molecular weight excluding hydrogens is 398 g/mol. The summed E-state index contributed by atoms with van der Waals surface area (Å²) in [5.41, 5.74) is 2.61. The molecule has 0 aliphatic carbocycles. The van der Waals surface area contributed by atoms with Crippen LogP contribution in [0.4, 0.5) is 0 Å². The highest BCUT2D eigenvalue weighted by Gasteiger charge is 2.17. The van der Waals surface area contributed by atoms with Crippen molar-refractivity contribution in [1.29, 1.82) is 0 Å². The first-order valence-corrected chi connectivity index (χ1v) is 9.51. The largest absolute Gasteiger partial charge is 0.464 e. The van der Waals surface area contributed by atoms with Gasteiger partial charge in [0.15, 0.2) is 0 Å². The van der Waals surface area contributed by atoms with Gasteiger partial charge in [0.05, 0.1) is 42.9 Å². The quantitative estimate of drug-likeness (QED) is 0.491. The lowest BCUT2D eigenvalue weighted by Crippen LogP contribution is -2.25. The topological polar surface area (TPSA) is 120 Å². The van der Waals surface area contributed by atoms with Gasteiger partial charge in [-0.15, -0.1) is 0 Å². The van der Waals surface area contributed by atoms with Crippen LogP contribution >= 0.6 is 0 Å². The van der Waals surface area contributed by atoms with Crippen molar-refractivity contribution in [2.45, 2.75) is 13.0 Å². The van der Waals surface area contributed by atoms with E-state index in [4.69, 9.17) is 4.98 Å². The molecule has 0 aliphatic heterocycles. The summed E-state index contributed by atoms with van der Waals surface area (Å²) in [5.74, 6) is -0.542. The van der Waals surface area contributed by atoms with Crippen molar-refractivity contribution in [2.24, 2.45) is 0 Å². The predicted octanol–water partition coefficient (Wildman–Crippen LogP) is 2.26. The van der Waals surface area contributed by atoms with Crippen LogP contribution in [-0.2, 0) is 4.74 Å². The van der Waals surface area contributed by atoms with Crippen molar-refractivity contribution in [3.63, 3.8) is 0 Å². The number of hydrogen-bond donors (Lipinski definition) is 1. The summed E-state index contributed by atoms with van der Waals surface area (Å²) in [7, 11) is 1.29. The van der Waals surface area contributed by atoms with Crippen LogP contribution in [0.1, 0.15) is 23.5 Å². The van der Waals surface area contributed by atoms with Gasteiger partial charge in [0.25, 0.3) is 5.56 Å². The van der Waals surface area contributed by atoms with E-state index >= 15 is 0 Å². The fourth-order valence-electron chi connectivity index (χ4n) is 3.17. The lowest BCUT2D eigenvalue weighted by atomic mass is 10.1. The van der Waals surface area contributed by atoms with Crippen LogP contribution in [0.25, 0.3) is 33.4 Å². The number of rotatable bonds is 5. The van der Waals surface area contributed by atoms with Gasteiger partial charge in [-0.3, -0.25) is 14.3 Å². The summed E-state index contributed by atoms with van der Waals surface area (Å²) >= 11 is 0. The average molecular weight is 417 g/mol. The average Bonchev–Trinajstić information content (AvgIpc) is 2.83. The minimum atomic E-state index is -0.542. The van der Waals surface area contributed by atoms with E-state index in [1.54, 1.807) is 37.5 Å². The van der Waals surface area contributed by atoms with Crippen molar-refractivity contribution < 1.29 is 14.6 Å². The smallest absolute Gasteiger partial charge is 0.356 e. The van der Waals surface area contributed by atoms with E-state index in [1.165, 1.54) is 30.3 Å². The second-order valence-electron chi connectivity index (χ2n) is 6.91. The summed E-state index contributed by atoms with van der Waals surface area (Å²) < 4.78 is 6.07. The lowest BCUT2D eigenvalue weighted by Gasteiger charge is -2.14. The Morgan fingerprint density at radius 2 is 2.03 bits per heavy atom. The molecule has 9 nitrogen and oxygen atoms in total. The number of ether oxygens (including phenoxy) is 1. The number of aliphatic hydroxyl groups is 1. The van der Waals surface area contributed by atoms with Gasteiger partial charge in [-0.05, 0) is 37.3 Å². The number of carbonyl (C=O) groups is 1. The van der Waals surface area contributed by atoms with Crippen molar-refractivity contribution in [1.82, 2.24) is 24.5 Å². The zero-order chi connectivity index (χ0) is 22.0. The molecule has 0 saturated carbocycles. The molecule has 0 spiro atoms. The van der Waals surface area contributed by atoms with Gasteiger partial charge in [0.2, 0.25) is 0 Å². The van der Waals surface area contributed by atoms with Gasteiger partial charge in [0, 0.05) is 29.7 Å². The van der Waals surface area contributed by atoms with E-state index in [-0.39, 0.29) is 17.9 Å². The monoisotopic (exact) mass is 417 g/mol. The Labute approximate surface area is 177 Å². The molecule has 31 heavy (non-hydrogen) atoms. The standard InChI is InChI=1S/C22H19N5O4/c1-13(11-28)27-12-25-20-16(21(27)29)8-18(26-19(20)15-4-3-7-23-9-15)14-5-6-17(24-10-14)22(30)31-2/h3-10,12-13,28H,11H2,1-2H3/t13-/m0/s1. The van der Waals surface area contributed by atoms with Crippen molar-refractivity contribution >= 4 is 16.9 Å². The van der Waals surface area contributed by atoms with Crippen molar-refractivity contribution in [3.05, 3.63) is 71.3 Å². The van der Waals surface area contributed by atoms with Crippen LogP contribution in [0.2, 0.25) is 0 Å². The molecule has 0 radical (unpaired) electrons. The Morgan fingerprint density at radius 3 is 2.68 bits per heavy atom. The maximum Gasteiger partial charge on any atom is 0.356 e. The van der Waals surface area contributed by atoms with E-state index in [9.17, 15) is 14.7 Å². The minimum Gasteiger partial charge on any atom is -0.464 e. The molecule has 156 valence electrons. The molecule has 9 heteroatoms. The summed E-state index contributed by atoms with van der Waals surface area (Å²) in [5, 5.41) is 9.84. The zero-order valence-electron chi connectivity index (χ0n) is 16.9. The van der Waals surface area contributed by atoms with Crippen LogP contribution in [0.15, 0.2) is 60.0 Å². The van der Waals surface area contributed by atoms with E-state index in [2.05, 4.69) is 19.7 Å². The lowest BCUT2D eigenvalue weighted by molar-refractivity contribution is 0.0594. The third kappa shape index (κ3) is 3.78. The Bertz CT molecular complexity index is 1300. The van der Waals surface area contributed by atoms with Crippen LogP contribution in [-0.4, -0.2) is 49.3 Å². The predicted molar refractivity (Wildman–Crippen MR) is 113 cm³/mol.